The first kappa shape index (κ1) is 15.0. The van der Waals surface area contributed by atoms with E-state index in [1.165, 1.54) is 12.1 Å². The molecule has 0 radical (unpaired) electrons. The quantitative estimate of drug-likeness (QED) is 0.929. The lowest BCUT2D eigenvalue weighted by Gasteiger charge is -2.11. The maximum atomic E-state index is 13.2. The molecule has 0 aliphatic carbocycles. The van der Waals surface area contributed by atoms with Crippen LogP contribution in [0.5, 0.6) is 5.75 Å². The van der Waals surface area contributed by atoms with E-state index in [0.29, 0.717) is 11.4 Å². The van der Waals surface area contributed by atoms with Crippen LogP contribution in [0.3, 0.4) is 0 Å². The first-order valence-corrected chi connectivity index (χ1v) is 6.72. The highest BCUT2D eigenvalue weighted by Crippen LogP contribution is 2.19. The largest absolute Gasteiger partial charge is 0.483 e. The number of nitrogens with one attached hydrogen (secondary N) is 1. The van der Waals surface area contributed by atoms with Gasteiger partial charge >= 0.3 is 0 Å². The van der Waals surface area contributed by atoms with Crippen molar-refractivity contribution in [2.75, 3.05) is 11.9 Å². The number of hydrogen-bond acceptors (Lipinski definition) is 2. The average molecular weight is 287 g/mol. The minimum Gasteiger partial charge on any atom is -0.483 e. The molecule has 0 saturated carbocycles. The summed E-state index contributed by atoms with van der Waals surface area (Å²) in [5.74, 6) is -0.0263. The van der Waals surface area contributed by atoms with Gasteiger partial charge in [-0.1, -0.05) is 23.8 Å². The third-order valence-corrected chi connectivity index (χ3v) is 3.16. The Balaban J connectivity index is 1.97. The minimum absolute atomic E-state index is 0.111. The summed E-state index contributed by atoms with van der Waals surface area (Å²) >= 11 is 0. The van der Waals surface area contributed by atoms with Crippen LogP contribution in [0.15, 0.2) is 36.4 Å². The fourth-order valence-corrected chi connectivity index (χ4v) is 2.02. The summed E-state index contributed by atoms with van der Waals surface area (Å²) in [5.41, 5.74) is 3.38. The van der Waals surface area contributed by atoms with Gasteiger partial charge in [0.25, 0.3) is 5.91 Å². The molecule has 2 aromatic carbocycles. The maximum absolute atomic E-state index is 13.2. The number of aryl methyl sites for hydroxylation is 3. The number of benzene rings is 2. The highest BCUT2D eigenvalue weighted by Gasteiger charge is 2.08. The van der Waals surface area contributed by atoms with E-state index < -0.39 is 0 Å². The van der Waals surface area contributed by atoms with Crippen LogP contribution in [-0.2, 0) is 4.79 Å². The van der Waals surface area contributed by atoms with Crippen LogP contribution in [0.4, 0.5) is 10.1 Å². The number of carbonyl (C=O) groups excluding carboxylic acids is 1. The zero-order chi connectivity index (χ0) is 15.4. The van der Waals surface area contributed by atoms with E-state index in [1.54, 1.807) is 13.0 Å². The molecule has 0 saturated heterocycles. The van der Waals surface area contributed by atoms with Crippen LogP contribution in [0.1, 0.15) is 16.7 Å². The zero-order valence-electron chi connectivity index (χ0n) is 12.4. The summed E-state index contributed by atoms with van der Waals surface area (Å²) in [7, 11) is 0. The van der Waals surface area contributed by atoms with E-state index in [9.17, 15) is 9.18 Å². The average Bonchev–Trinajstić information content (AvgIpc) is 2.42. The van der Waals surface area contributed by atoms with Gasteiger partial charge < -0.3 is 10.1 Å². The fraction of sp³-hybridized carbons (Fsp3) is 0.235. The molecule has 4 heteroatoms. The highest BCUT2D eigenvalue weighted by molar-refractivity contribution is 5.92. The van der Waals surface area contributed by atoms with Gasteiger partial charge in [0.05, 0.1) is 0 Å². The molecule has 0 aromatic heterocycles. The molecule has 0 spiro atoms. The maximum Gasteiger partial charge on any atom is 0.262 e. The number of halogens is 1. The summed E-state index contributed by atoms with van der Waals surface area (Å²) in [6.07, 6.45) is 0. The molecule has 0 fully saturated rings. The molecule has 0 aliphatic rings. The molecule has 1 N–H and O–H groups in total. The number of hydrogen-bond donors (Lipinski definition) is 1. The van der Waals surface area contributed by atoms with Crippen molar-refractivity contribution in [3.63, 3.8) is 0 Å². The van der Waals surface area contributed by atoms with Gasteiger partial charge in [-0.3, -0.25) is 4.79 Å². The fourth-order valence-electron chi connectivity index (χ4n) is 2.02. The SMILES string of the molecule is Cc1ccc(OCC(=O)Nc2cc(F)ccc2C)c(C)c1. The smallest absolute Gasteiger partial charge is 0.262 e. The molecular formula is C17H18FNO2. The third-order valence-electron chi connectivity index (χ3n) is 3.16. The summed E-state index contributed by atoms with van der Waals surface area (Å²) in [6.45, 7) is 5.62. The zero-order valence-corrected chi connectivity index (χ0v) is 12.4. The van der Waals surface area contributed by atoms with Crippen molar-refractivity contribution in [2.24, 2.45) is 0 Å². The predicted octanol–water partition coefficient (Wildman–Crippen LogP) is 3.77. The Morgan fingerprint density at radius 1 is 1.10 bits per heavy atom. The number of ether oxygens (including phenoxy) is 1. The van der Waals surface area contributed by atoms with Crippen molar-refractivity contribution in [1.82, 2.24) is 0 Å². The molecule has 1 amide bonds. The monoisotopic (exact) mass is 287 g/mol. The van der Waals surface area contributed by atoms with E-state index >= 15 is 0 Å². The van der Waals surface area contributed by atoms with Crippen LogP contribution in [0.2, 0.25) is 0 Å². The molecular weight excluding hydrogens is 269 g/mol. The van der Waals surface area contributed by atoms with Gasteiger partial charge in [0.2, 0.25) is 0 Å². The van der Waals surface area contributed by atoms with Crippen molar-refractivity contribution in [3.05, 3.63) is 58.9 Å². The second-order valence-corrected chi connectivity index (χ2v) is 5.07. The Kier molecular flexibility index (Phi) is 4.58. The van der Waals surface area contributed by atoms with E-state index in [0.717, 1.165) is 16.7 Å². The van der Waals surface area contributed by atoms with Gasteiger partial charge in [0.1, 0.15) is 11.6 Å². The molecule has 21 heavy (non-hydrogen) atoms. The molecule has 0 bridgehead atoms. The molecule has 0 unspecified atom stereocenters. The molecule has 0 heterocycles. The van der Waals surface area contributed by atoms with Crippen LogP contribution >= 0.6 is 0 Å². The molecule has 3 nitrogen and oxygen atoms in total. The second kappa shape index (κ2) is 6.39. The normalized spacial score (nSPS) is 10.3. The van der Waals surface area contributed by atoms with Gasteiger partial charge in [0.15, 0.2) is 6.61 Å². The minimum atomic E-state index is -0.383. The van der Waals surface area contributed by atoms with Gasteiger partial charge in [-0.2, -0.15) is 0 Å². The van der Waals surface area contributed by atoms with Crippen molar-refractivity contribution >= 4 is 11.6 Å². The lowest BCUT2D eigenvalue weighted by atomic mass is 10.1. The number of amides is 1. The van der Waals surface area contributed by atoms with Gasteiger partial charge in [0, 0.05) is 5.69 Å². The topological polar surface area (TPSA) is 38.3 Å². The Hall–Kier alpha value is -2.36. The number of rotatable bonds is 4. The van der Waals surface area contributed by atoms with E-state index in [1.807, 2.05) is 32.0 Å². The Bertz CT molecular complexity index is 668. The van der Waals surface area contributed by atoms with Gasteiger partial charge in [-0.15, -0.1) is 0 Å². The summed E-state index contributed by atoms with van der Waals surface area (Å²) in [5, 5.41) is 2.65. The Morgan fingerprint density at radius 2 is 1.86 bits per heavy atom. The van der Waals surface area contributed by atoms with Crippen LogP contribution in [0, 0.1) is 26.6 Å². The lowest BCUT2D eigenvalue weighted by molar-refractivity contribution is -0.118. The first-order chi connectivity index (χ1) is 9.95. The van der Waals surface area contributed by atoms with Crippen LogP contribution in [0.25, 0.3) is 0 Å². The highest BCUT2D eigenvalue weighted by atomic mass is 19.1. The molecule has 2 aromatic rings. The molecule has 0 aliphatic heterocycles. The second-order valence-electron chi connectivity index (χ2n) is 5.07. The van der Waals surface area contributed by atoms with Crippen molar-refractivity contribution < 1.29 is 13.9 Å². The van der Waals surface area contributed by atoms with Crippen molar-refractivity contribution in [3.8, 4) is 5.75 Å². The van der Waals surface area contributed by atoms with Gasteiger partial charge in [-0.05, 0) is 50.1 Å². The van der Waals surface area contributed by atoms with E-state index in [2.05, 4.69) is 5.32 Å². The third kappa shape index (κ3) is 4.05. The first-order valence-electron chi connectivity index (χ1n) is 6.72. The van der Waals surface area contributed by atoms with E-state index in [-0.39, 0.29) is 18.3 Å². The van der Waals surface area contributed by atoms with E-state index in [4.69, 9.17) is 4.74 Å². The standard InChI is InChI=1S/C17H18FNO2/c1-11-4-7-16(13(3)8-11)21-10-17(20)19-15-9-14(18)6-5-12(15)2/h4-9H,10H2,1-3H3,(H,19,20). The summed E-state index contributed by atoms with van der Waals surface area (Å²) in [6, 6.07) is 10.0. The number of carbonyl (C=O) groups is 1. The predicted molar refractivity (Wildman–Crippen MR) is 81.2 cm³/mol. The Labute approximate surface area is 123 Å². The number of anilines is 1. The summed E-state index contributed by atoms with van der Waals surface area (Å²) in [4.78, 5) is 11.9. The lowest BCUT2D eigenvalue weighted by Crippen LogP contribution is -2.21. The van der Waals surface area contributed by atoms with Gasteiger partial charge in [-0.25, -0.2) is 4.39 Å². The Morgan fingerprint density at radius 3 is 2.57 bits per heavy atom. The summed E-state index contributed by atoms with van der Waals surface area (Å²) < 4.78 is 18.6. The van der Waals surface area contributed by atoms with Crippen molar-refractivity contribution in [2.45, 2.75) is 20.8 Å². The van der Waals surface area contributed by atoms with Crippen LogP contribution in [-0.4, -0.2) is 12.5 Å². The van der Waals surface area contributed by atoms with Crippen molar-refractivity contribution in [1.29, 1.82) is 0 Å². The molecule has 2 rings (SSSR count). The molecule has 110 valence electrons. The van der Waals surface area contributed by atoms with Crippen LogP contribution < -0.4 is 10.1 Å². The molecule has 0 atom stereocenters.